The summed E-state index contributed by atoms with van der Waals surface area (Å²) in [6.07, 6.45) is 2.70. The Morgan fingerprint density at radius 3 is 3.10 bits per heavy atom. The van der Waals surface area contributed by atoms with Crippen LogP contribution in [0.1, 0.15) is 6.42 Å². The molecule has 0 spiro atoms. The van der Waals surface area contributed by atoms with Gasteiger partial charge in [0, 0.05) is 12.7 Å². The van der Waals surface area contributed by atoms with Crippen molar-refractivity contribution in [2.24, 2.45) is 5.92 Å². The monoisotopic (exact) mass is 331 g/mol. The highest BCUT2D eigenvalue weighted by Crippen LogP contribution is 2.25. The van der Waals surface area contributed by atoms with Crippen molar-refractivity contribution in [1.82, 2.24) is 14.1 Å². The third-order valence-electron chi connectivity index (χ3n) is 3.29. The van der Waals surface area contributed by atoms with Crippen molar-refractivity contribution in [3.8, 4) is 0 Å². The SMILES string of the molecule is O=S(=O)(NCC1CCSC1)c1c(Cl)nc2ccccn12. The number of nitrogens with one attached hydrogen (secondary N) is 1. The highest BCUT2D eigenvalue weighted by Gasteiger charge is 2.26. The number of aromatic nitrogens is 2. The molecule has 3 heterocycles. The fourth-order valence-corrected chi connectivity index (χ4v) is 5.26. The lowest BCUT2D eigenvalue weighted by Gasteiger charge is -2.10. The van der Waals surface area contributed by atoms with Gasteiger partial charge >= 0.3 is 0 Å². The van der Waals surface area contributed by atoms with E-state index in [0.29, 0.717) is 18.1 Å². The van der Waals surface area contributed by atoms with Gasteiger partial charge in [-0.3, -0.25) is 4.40 Å². The molecule has 108 valence electrons. The van der Waals surface area contributed by atoms with Crippen LogP contribution < -0.4 is 4.72 Å². The van der Waals surface area contributed by atoms with Crippen LogP contribution in [0.25, 0.3) is 5.65 Å². The second-order valence-electron chi connectivity index (χ2n) is 4.72. The maximum Gasteiger partial charge on any atom is 0.259 e. The minimum Gasteiger partial charge on any atom is -0.288 e. The van der Waals surface area contributed by atoms with Gasteiger partial charge in [-0.2, -0.15) is 11.8 Å². The molecule has 1 unspecified atom stereocenters. The minimum absolute atomic E-state index is 0.00416. The fraction of sp³-hybridized carbons (Fsp3) is 0.417. The molecular weight excluding hydrogens is 318 g/mol. The Bertz CT molecular complexity index is 723. The van der Waals surface area contributed by atoms with Crippen molar-refractivity contribution in [3.05, 3.63) is 29.5 Å². The van der Waals surface area contributed by atoms with Crippen LogP contribution in [0.2, 0.25) is 5.15 Å². The molecule has 0 amide bonds. The number of imidazole rings is 1. The number of sulfonamides is 1. The first-order chi connectivity index (χ1) is 9.58. The number of halogens is 1. The smallest absolute Gasteiger partial charge is 0.259 e. The summed E-state index contributed by atoms with van der Waals surface area (Å²) in [7, 11) is -3.65. The van der Waals surface area contributed by atoms with Gasteiger partial charge in [0.15, 0.2) is 10.2 Å². The Morgan fingerprint density at radius 1 is 1.50 bits per heavy atom. The van der Waals surface area contributed by atoms with E-state index in [1.54, 1.807) is 24.4 Å². The third kappa shape index (κ3) is 2.67. The van der Waals surface area contributed by atoms with E-state index in [9.17, 15) is 8.42 Å². The topological polar surface area (TPSA) is 63.5 Å². The van der Waals surface area contributed by atoms with Crippen LogP contribution in [0.5, 0.6) is 0 Å². The first kappa shape index (κ1) is 14.2. The maximum absolute atomic E-state index is 12.4. The Morgan fingerprint density at radius 2 is 2.35 bits per heavy atom. The molecular formula is C12H14ClN3O2S2. The quantitative estimate of drug-likeness (QED) is 0.931. The molecule has 8 heteroatoms. The van der Waals surface area contributed by atoms with Crippen molar-refractivity contribution >= 4 is 39.0 Å². The van der Waals surface area contributed by atoms with Gasteiger partial charge in [0.05, 0.1) is 0 Å². The largest absolute Gasteiger partial charge is 0.288 e. The molecule has 1 atom stereocenters. The van der Waals surface area contributed by atoms with Gasteiger partial charge in [0.2, 0.25) is 0 Å². The average molecular weight is 332 g/mol. The normalized spacial score (nSPS) is 19.8. The summed E-state index contributed by atoms with van der Waals surface area (Å²) in [4.78, 5) is 4.06. The summed E-state index contributed by atoms with van der Waals surface area (Å²) >= 11 is 7.85. The predicted molar refractivity (Wildman–Crippen MR) is 80.8 cm³/mol. The van der Waals surface area contributed by atoms with E-state index < -0.39 is 10.0 Å². The predicted octanol–water partition coefficient (Wildman–Crippen LogP) is 2.02. The Labute approximate surface area is 126 Å². The van der Waals surface area contributed by atoms with Crippen molar-refractivity contribution < 1.29 is 8.42 Å². The van der Waals surface area contributed by atoms with Gasteiger partial charge < -0.3 is 0 Å². The summed E-state index contributed by atoms with van der Waals surface area (Å²) < 4.78 is 29.0. The summed E-state index contributed by atoms with van der Waals surface area (Å²) in [5.41, 5.74) is 0.522. The van der Waals surface area contributed by atoms with E-state index in [1.165, 1.54) is 4.40 Å². The number of hydrogen-bond acceptors (Lipinski definition) is 4. The molecule has 1 saturated heterocycles. The van der Waals surface area contributed by atoms with Crippen LogP contribution >= 0.6 is 23.4 Å². The molecule has 1 N–H and O–H groups in total. The molecule has 0 saturated carbocycles. The van der Waals surface area contributed by atoms with Crippen LogP contribution in [-0.2, 0) is 10.0 Å². The van der Waals surface area contributed by atoms with Crippen molar-refractivity contribution in [1.29, 1.82) is 0 Å². The van der Waals surface area contributed by atoms with Gasteiger partial charge in [0.25, 0.3) is 10.0 Å². The lowest BCUT2D eigenvalue weighted by molar-refractivity contribution is 0.542. The number of rotatable bonds is 4. The second kappa shape index (κ2) is 5.55. The van der Waals surface area contributed by atoms with E-state index in [2.05, 4.69) is 9.71 Å². The molecule has 3 rings (SSSR count). The van der Waals surface area contributed by atoms with E-state index in [1.807, 2.05) is 11.8 Å². The Hall–Kier alpha value is -0.760. The van der Waals surface area contributed by atoms with E-state index in [0.717, 1.165) is 17.9 Å². The Balaban J connectivity index is 1.90. The van der Waals surface area contributed by atoms with Gasteiger partial charge in [-0.25, -0.2) is 18.1 Å². The molecule has 2 aromatic heterocycles. The number of nitrogens with zero attached hydrogens (tertiary/aromatic N) is 2. The zero-order valence-electron chi connectivity index (χ0n) is 10.6. The summed E-state index contributed by atoms with van der Waals surface area (Å²) in [5, 5.41) is 0.0184. The molecule has 1 fully saturated rings. The Kier molecular flexibility index (Phi) is 3.94. The number of hydrogen-bond donors (Lipinski definition) is 1. The third-order valence-corrected chi connectivity index (χ3v) is 6.34. The first-order valence-electron chi connectivity index (χ1n) is 6.28. The van der Waals surface area contributed by atoms with Crippen LogP contribution in [0.4, 0.5) is 0 Å². The summed E-state index contributed by atoms with van der Waals surface area (Å²) in [6.45, 7) is 0.450. The average Bonchev–Trinajstić information content (AvgIpc) is 3.02. The maximum atomic E-state index is 12.4. The highest BCUT2D eigenvalue weighted by atomic mass is 35.5. The van der Waals surface area contributed by atoms with Crippen molar-refractivity contribution in [2.45, 2.75) is 11.4 Å². The zero-order valence-corrected chi connectivity index (χ0v) is 13.0. The van der Waals surface area contributed by atoms with Gasteiger partial charge in [-0.15, -0.1) is 0 Å². The van der Waals surface area contributed by atoms with Crippen LogP contribution in [-0.4, -0.2) is 35.9 Å². The molecule has 1 aliphatic rings. The van der Waals surface area contributed by atoms with E-state index >= 15 is 0 Å². The van der Waals surface area contributed by atoms with Gasteiger partial charge in [0.1, 0.15) is 5.65 Å². The molecule has 0 bridgehead atoms. The molecule has 0 radical (unpaired) electrons. The van der Waals surface area contributed by atoms with Crippen molar-refractivity contribution in [2.75, 3.05) is 18.1 Å². The van der Waals surface area contributed by atoms with Crippen molar-refractivity contribution in [3.63, 3.8) is 0 Å². The number of fused-ring (bicyclic) bond motifs is 1. The van der Waals surface area contributed by atoms with Gasteiger partial charge in [-0.1, -0.05) is 17.7 Å². The first-order valence-corrected chi connectivity index (χ1v) is 9.29. The standard InChI is InChI=1S/C12H14ClN3O2S2/c13-11-12(16-5-2-1-3-10(16)15-11)20(17,18)14-7-9-4-6-19-8-9/h1-3,5,9,14H,4,6-8H2. The zero-order chi connectivity index (χ0) is 14.2. The molecule has 20 heavy (non-hydrogen) atoms. The van der Waals surface area contributed by atoms with Gasteiger partial charge in [-0.05, 0) is 36.0 Å². The molecule has 0 aliphatic carbocycles. The highest BCUT2D eigenvalue weighted by molar-refractivity contribution is 7.99. The molecule has 5 nitrogen and oxygen atoms in total. The number of pyridine rings is 1. The number of thioether (sulfide) groups is 1. The van der Waals surface area contributed by atoms with Crippen LogP contribution in [0.15, 0.2) is 29.4 Å². The van der Waals surface area contributed by atoms with Crippen LogP contribution in [0, 0.1) is 5.92 Å². The summed E-state index contributed by atoms with van der Waals surface area (Å²) in [6, 6.07) is 5.26. The lowest BCUT2D eigenvalue weighted by atomic mass is 10.1. The van der Waals surface area contributed by atoms with E-state index in [-0.39, 0.29) is 10.2 Å². The summed E-state index contributed by atoms with van der Waals surface area (Å²) in [5.74, 6) is 2.50. The van der Waals surface area contributed by atoms with Crippen LogP contribution in [0.3, 0.4) is 0 Å². The fourth-order valence-electron chi connectivity index (χ4n) is 2.23. The molecule has 0 aromatic carbocycles. The second-order valence-corrected chi connectivity index (χ2v) is 7.91. The molecule has 1 aliphatic heterocycles. The van der Waals surface area contributed by atoms with E-state index in [4.69, 9.17) is 11.6 Å². The minimum atomic E-state index is -3.65. The lowest BCUT2D eigenvalue weighted by Crippen LogP contribution is -2.30. The molecule has 2 aromatic rings.